The molecule has 0 aliphatic heterocycles. The molecular weight excluding hydrogens is 68.0 g/mol. The Morgan fingerprint density at radius 1 is 2.00 bits per heavy atom. The molecule has 0 amide bonds. The molecule has 0 spiro atoms. The van der Waals surface area contributed by atoms with Crippen LogP contribution >= 0.6 is 0 Å². The first-order valence-corrected chi connectivity index (χ1v) is 1.24. The van der Waals surface area contributed by atoms with Crippen LogP contribution < -0.4 is 0 Å². The lowest BCUT2D eigenvalue weighted by Crippen LogP contribution is -1.71. The van der Waals surface area contributed by atoms with Gasteiger partial charge in [0.05, 0.1) is 0 Å². The number of rotatable bonds is 1. The zero-order chi connectivity index (χ0) is 4.28. The van der Waals surface area contributed by atoms with Gasteiger partial charge in [-0.2, -0.15) is 0 Å². The van der Waals surface area contributed by atoms with Gasteiger partial charge in [0, 0.05) is 0 Å². The highest BCUT2D eigenvalue weighted by Crippen LogP contribution is 1.79. The van der Waals surface area contributed by atoms with E-state index >= 15 is 0 Å². The van der Waals surface area contributed by atoms with Crippen LogP contribution in [0.15, 0.2) is 12.3 Å². The Morgan fingerprint density at radius 3 is 2.20 bits per heavy atom. The van der Waals surface area contributed by atoms with Crippen LogP contribution in [0, 0.1) is 0 Å². The molecule has 0 unspecified atom stereocenters. The molecule has 0 saturated carbocycles. The molecule has 0 saturated heterocycles. The Hall–Kier alpha value is -0.500. The highest BCUT2D eigenvalue weighted by Gasteiger charge is 1.68. The summed E-state index contributed by atoms with van der Waals surface area (Å²) in [5.74, 6) is 0.310. The molecule has 1 N–H and O–H groups in total. The first kappa shape index (κ1) is 4.50. The van der Waals surface area contributed by atoms with Crippen molar-refractivity contribution in [3.63, 3.8) is 0 Å². The average molecular weight is 74.1 g/mol. The fourth-order valence-corrected chi connectivity index (χ4v) is 0. The van der Waals surface area contributed by atoms with Crippen LogP contribution in [0.3, 0.4) is 0 Å². The van der Waals surface area contributed by atoms with Gasteiger partial charge in [-0.1, -0.05) is 6.58 Å². The number of hydrogen-bond acceptors (Lipinski definition) is 2. The third kappa shape index (κ3) is 3.50. The Kier molecular flexibility index (Phi) is 1.61. The second-order valence-electron chi connectivity index (χ2n) is 0.793. The van der Waals surface area contributed by atoms with Crippen molar-refractivity contribution in [2.75, 3.05) is 0 Å². The van der Waals surface area contributed by atoms with Crippen LogP contribution in [0.4, 0.5) is 0 Å². The molecule has 0 aliphatic carbocycles. The second kappa shape index (κ2) is 1.79. The maximum absolute atomic E-state index is 7.54. The molecule has 0 radical (unpaired) electrons. The third-order valence-corrected chi connectivity index (χ3v) is 0.156. The summed E-state index contributed by atoms with van der Waals surface area (Å²) in [4.78, 5) is 3.56. The molecule has 2 nitrogen and oxygen atoms in total. The number of hydrogen-bond donors (Lipinski definition) is 1. The summed E-state index contributed by atoms with van der Waals surface area (Å²) >= 11 is 0. The summed E-state index contributed by atoms with van der Waals surface area (Å²) in [6.07, 6.45) is 0. The van der Waals surface area contributed by atoms with Gasteiger partial charge in [-0.3, -0.25) is 0 Å². The van der Waals surface area contributed by atoms with E-state index in [-0.39, 0.29) is 0 Å². The van der Waals surface area contributed by atoms with Gasteiger partial charge in [-0.15, -0.1) is 0 Å². The van der Waals surface area contributed by atoms with E-state index in [0.717, 1.165) is 0 Å². The largest absolute Gasteiger partial charge is 0.346 e. The van der Waals surface area contributed by atoms with Crippen LogP contribution in [0.1, 0.15) is 6.92 Å². The van der Waals surface area contributed by atoms with E-state index in [1.54, 1.807) is 6.92 Å². The van der Waals surface area contributed by atoms with Crippen molar-refractivity contribution in [1.82, 2.24) is 0 Å². The second-order valence-corrected chi connectivity index (χ2v) is 0.793. The molecule has 0 aliphatic rings. The summed E-state index contributed by atoms with van der Waals surface area (Å²) in [7, 11) is 0. The maximum atomic E-state index is 7.54. The predicted molar refractivity (Wildman–Crippen MR) is 18.5 cm³/mol. The average Bonchev–Trinajstić information content (AvgIpc) is 1.38. The molecule has 0 atom stereocenters. The minimum Gasteiger partial charge on any atom is -0.346 e. The van der Waals surface area contributed by atoms with Crippen LogP contribution in [0.2, 0.25) is 0 Å². The van der Waals surface area contributed by atoms with Gasteiger partial charge in [-0.25, -0.2) is 5.26 Å². The van der Waals surface area contributed by atoms with Gasteiger partial charge in [0.2, 0.25) is 0 Å². The summed E-state index contributed by atoms with van der Waals surface area (Å²) in [6, 6.07) is 0. The SMILES string of the molecule is C=C(C)OO. The van der Waals surface area contributed by atoms with Gasteiger partial charge >= 0.3 is 0 Å². The maximum Gasteiger partial charge on any atom is 0.131 e. The van der Waals surface area contributed by atoms with E-state index < -0.39 is 0 Å². The first-order chi connectivity index (χ1) is 2.27. The Bertz CT molecular complexity index is 40.2. The quantitative estimate of drug-likeness (QED) is 0.286. The molecule has 2 heteroatoms. The summed E-state index contributed by atoms with van der Waals surface area (Å²) in [6.45, 7) is 4.76. The van der Waals surface area contributed by atoms with Crippen molar-refractivity contribution in [1.29, 1.82) is 0 Å². The molecule has 0 fully saturated rings. The highest BCUT2D eigenvalue weighted by molar-refractivity contribution is 4.69. The van der Waals surface area contributed by atoms with Gasteiger partial charge in [0.15, 0.2) is 0 Å². The first-order valence-electron chi connectivity index (χ1n) is 1.24. The van der Waals surface area contributed by atoms with Gasteiger partial charge in [0.1, 0.15) is 5.76 Å². The van der Waals surface area contributed by atoms with Crippen LogP contribution in [0.25, 0.3) is 0 Å². The van der Waals surface area contributed by atoms with E-state index in [2.05, 4.69) is 11.5 Å². The van der Waals surface area contributed by atoms with Crippen LogP contribution in [-0.2, 0) is 4.89 Å². The number of allylic oxidation sites excluding steroid dienone is 1. The molecule has 0 aromatic heterocycles. The molecular formula is C3H6O2. The molecule has 0 aromatic rings. The Balaban J connectivity index is 2.85. The Labute approximate surface area is 30.6 Å². The van der Waals surface area contributed by atoms with Crippen molar-refractivity contribution in [3.05, 3.63) is 12.3 Å². The molecule has 30 valence electrons. The van der Waals surface area contributed by atoms with Crippen molar-refractivity contribution < 1.29 is 10.1 Å². The van der Waals surface area contributed by atoms with Gasteiger partial charge in [-0.05, 0) is 6.92 Å². The zero-order valence-electron chi connectivity index (χ0n) is 3.06. The van der Waals surface area contributed by atoms with E-state index in [1.165, 1.54) is 0 Å². The lowest BCUT2D eigenvalue weighted by atomic mass is 10.7. The van der Waals surface area contributed by atoms with Gasteiger partial charge < -0.3 is 4.89 Å². The normalized spacial score (nSPS) is 6.80. The van der Waals surface area contributed by atoms with E-state index in [4.69, 9.17) is 5.26 Å². The lowest BCUT2D eigenvalue weighted by molar-refractivity contribution is -0.201. The minimum absolute atomic E-state index is 0.310. The van der Waals surface area contributed by atoms with Crippen molar-refractivity contribution >= 4 is 0 Å². The third-order valence-electron chi connectivity index (χ3n) is 0.156. The molecule has 0 bridgehead atoms. The Morgan fingerprint density at radius 2 is 2.20 bits per heavy atom. The van der Waals surface area contributed by atoms with Crippen molar-refractivity contribution in [2.45, 2.75) is 6.92 Å². The summed E-state index contributed by atoms with van der Waals surface area (Å²) in [5, 5.41) is 7.54. The fraction of sp³-hybridized carbons (Fsp3) is 0.333. The molecule has 0 rings (SSSR count). The lowest BCUT2D eigenvalue weighted by Gasteiger charge is -1.83. The fourth-order valence-electron chi connectivity index (χ4n) is 0. The van der Waals surface area contributed by atoms with Gasteiger partial charge in [0.25, 0.3) is 0 Å². The topological polar surface area (TPSA) is 29.5 Å². The monoisotopic (exact) mass is 74.0 g/mol. The molecule has 0 aromatic carbocycles. The van der Waals surface area contributed by atoms with E-state index in [9.17, 15) is 0 Å². The predicted octanol–water partition coefficient (Wildman–Crippen LogP) is 1.01. The minimum atomic E-state index is 0.310. The van der Waals surface area contributed by atoms with Crippen LogP contribution in [-0.4, -0.2) is 5.26 Å². The zero-order valence-corrected chi connectivity index (χ0v) is 3.06. The summed E-state index contributed by atoms with van der Waals surface area (Å²) in [5.41, 5.74) is 0. The molecule has 0 heterocycles. The standard InChI is InChI=1S/C3H6O2/c1-3(2)5-4/h4H,1H2,2H3. The van der Waals surface area contributed by atoms with Crippen molar-refractivity contribution in [3.8, 4) is 0 Å². The highest BCUT2D eigenvalue weighted by atomic mass is 17.1. The van der Waals surface area contributed by atoms with E-state index in [0.29, 0.717) is 5.76 Å². The summed E-state index contributed by atoms with van der Waals surface area (Å²) < 4.78 is 0. The molecule has 5 heavy (non-hydrogen) atoms. The van der Waals surface area contributed by atoms with E-state index in [1.807, 2.05) is 0 Å². The van der Waals surface area contributed by atoms with Crippen molar-refractivity contribution in [2.24, 2.45) is 0 Å². The van der Waals surface area contributed by atoms with Crippen LogP contribution in [0.5, 0.6) is 0 Å². The smallest absolute Gasteiger partial charge is 0.131 e.